The fraction of sp³-hybridized carbons (Fsp3) is 0.195. The van der Waals surface area contributed by atoms with Gasteiger partial charge < -0.3 is 0 Å². The van der Waals surface area contributed by atoms with Gasteiger partial charge in [0, 0.05) is 0 Å². The molecular formula is C41H38Cl2SiZr. The molecule has 6 aromatic carbocycles. The van der Waals surface area contributed by atoms with Crippen LogP contribution in [-0.4, -0.2) is 9.52 Å². The monoisotopic (exact) mass is 718 g/mol. The van der Waals surface area contributed by atoms with Crippen molar-refractivity contribution in [3.63, 3.8) is 0 Å². The Balaban J connectivity index is 0.000000206. The van der Waals surface area contributed by atoms with E-state index in [0.29, 0.717) is 5.92 Å². The van der Waals surface area contributed by atoms with Gasteiger partial charge in [-0.05, 0) is 28.0 Å². The maximum absolute atomic E-state index is 4.93. The molecule has 6 aromatic rings. The summed E-state index contributed by atoms with van der Waals surface area (Å²) in [4.78, 5) is 0. The van der Waals surface area contributed by atoms with Gasteiger partial charge in [0.1, 0.15) is 0 Å². The number of halogens is 2. The van der Waals surface area contributed by atoms with Crippen LogP contribution in [0.2, 0.25) is 0 Å². The van der Waals surface area contributed by atoms with Crippen molar-refractivity contribution in [2.75, 3.05) is 0 Å². The van der Waals surface area contributed by atoms with Crippen LogP contribution in [0.25, 0.3) is 44.2 Å². The molecular weight excluding hydrogens is 683 g/mol. The minimum atomic E-state index is -0.826. The van der Waals surface area contributed by atoms with E-state index in [4.69, 9.17) is 17.0 Å². The van der Waals surface area contributed by atoms with Crippen LogP contribution in [0, 0.1) is 6.07 Å². The van der Waals surface area contributed by atoms with Crippen molar-refractivity contribution in [1.29, 1.82) is 0 Å². The minimum absolute atomic E-state index is 0.0706. The number of benzene rings is 5. The predicted octanol–water partition coefficient (Wildman–Crippen LogP) is 11.2. The standard InChI is InChI=1S/C29H31.C12H7Si.2ClH.Zr/c1-6-20(2)23-18-22-16-17-27(29(3,4)5)28(26(22)19-23)25-15-11-10-14-24(25)21-12-8-7-9-13-21;1-3-7-11-9(5-1)10-6-2-4-8-12(10)13-11;;;/h7-20H,6H2,1-5H3;1-7H;2*1H;/q2*-1;;;+4/p-2. The minimum Gasteiger partial charge on any atom is -0.184 e. The molecule has 0 amide bonds. The Morgan fingerprint density at radius 3 is 2.09 bits per heavy atom. The van der Waals surface area contributed by atoms with E-state index in [0.717, 1.165) is 9.52 Å². The molecule has 0 aromatic heterocycles. The average molecular weight is 721 g/mol. The quantitative estimate of drug-likeness (QED) is 0.125. The van der Waals surface area contributed by atoms with Crippen molar-refractivity contribution >= 4 is 47.7 Å². The third-order valence-corrected chi connectivity index (χ3v) is 9.89. The number of fused-ring (bicyclic) bond motifs is 4. The summed E-state index contributed by atoms with van der Waals surface area (Å²) in [7, 11) is 10.7. The first-order valence-electron chi connectivity index (χ1n) is 15.5. The van der Waals surface area contributed by atoms with E-state index in [9.17, 15) is 0 Å². The Morgan fingerprint density at radius 1 is 0.778 bits per heavy atom. The molecule has 1 heterocycles. The molecule has 0 spiro atoms. The summed E-state index contributed by atoms with van der Waals surface area (Å²) in [6, 6.07) is 47.3. The number of hydrogen-bond donors (Lipinski definition) is 0. The van der Waals surface area contributed by atoms with Gasteiger partial charge in [0.25, 0.3) is 0 Å². The van der Waals surface area contributed by atoms with Gasteiger partial charge in [0.05, 0.1) is 9.52 Å². The number of hydrogen-bond acceptors (Lipinski definition) is 0. The summed E-state index contributed by atoms with van der Waals surface area (Å²) in [5.41, 5.74) is 11.0. The number of rotatable bonds is 4. The van der Waals surface area contributed by atoms with E-state index in [-0.39, 0.29) is 5.41 Å². The molecule has 0 aliphatic carbocycles. The van der Waals surface area contributed by atoms with Gasteiger partial charge in [-0.15, -0.1) is 40.1 Å². The summed E-state index contributed by atoms with van der Waals surface area (Å²) in [6.07, 6.45) is 1.17. The fourth-order valence-electron chi connectivity index (χ4n) is 6.04. The Bertz CT molecular complexity index is 1820. The second-order valence-corrected chi connectivity index (χ2v) is 17.5. The van der Waals surface area contributed by atoms with E-state index in [1.54, 1.807) is 0 Å². The zero-order chi connectivity index (χ0) is 32.0. The maximum atomic E-state index is 4.93. The molecule has 1 aliphatic heterocycles. The molecule has 1 unspecified atom stereocenters. The zero-order valence-electron chi connectivity index (χ0n) is 26.6. The molecule has 0 saturated carbocycles. The Labute approximate surface area is 290 Å². The molecule has 0 bridgehead atoms. The maximum Gasteiger partial charge on any atom is 0.0920 e. The van der Waals surface area contributed by atoms with Crippen LogP contribution in [0.4, 0.5) is 0 Å². The molecule has 0 saturated heterocycles. The molecule has 7 rings (SSSR count). The SMILES string of the molecule is CCC(C)c1cc2c(-c3ccccc3-c3ccccc3)c(C(C)(C)C)ccc2[cH-]1.[Cl][Zr+2][Cl].[c-]1cccc2c1[Si]c1ccccc1-2. The molecule has 45 heavy (non-hydrogen) atoms. The molecule has 1 atom stereocenters. The van der Waals surface area contributed by atoms with Crippen molar-refractivity contribution in [1.82, 2.24) is 0 Å². The Hall–Kier alpha value is -2.61. The van der Waals surface area contributed by atoms with E-state index in [2.05, 4.69) is 156 Å². The fourth-order valence-corrected chi connectivity index (χ4v) is 7.35. The van der Waals surface area contributed by atoms with Gasteiger partial charge >= 0.3 is 37.9 Å². The molecule has 0 fully saturated rings. The summed E-state index contributed by atoms with van der Waals surface area (Å²) in [5, 5.41) is 5.56. The third-order valence-electron chi connectivity index (χ3n) is 8.52. The topological polar surface area (TPSA) is 0 Å². The second-order valence-electron chi connectivity index (χ2n) is 12.5. The van der Waals surface area contributed by atoms with Crippen molar-refractivity contribution in [2.24, 2.45) is 0 Å². The molecule has 0 nitrogen and oxygen atoms in total. The summed E-state index contributed by atoms with van der Waals surface area (Å²) >= 11 is -0.826. The van der Waals surface area contributed by atoms with Crippen LogP contribution < -0.4 is 10.4 Å². The predicted molar refractivity (Wildman–Crippen MR) is 195 cm³/mol. The molecule has 0 N–H and O–H groups in total. The zero-order valence-corrected chi connectivity index (χ0v) is 31.6. The first-order chi connectivity index (χ1) is 21.8. The van der Waals surface area contributed by atoms with Gasteiger partial charge in [0.15, 0.2) is 0 Å². The van der Waals surface area contributed by atoms with E-state index < -0.39 is 20.8 Å². The van der Waals surface area contributed by atoms with Crippen LogP contribution in [0.15, 0.2) is 121 Å². The van der Waals surface area contributed by atoms with E-state index in [1.165, 1.54) is 72.1 Å². The Morgan fingerprint density at radius 2 is 1.40 bits per heavy atom. The Kier molecular flexibility index (Phi) is 11.5. The average Bonchev–Trinajstić information content (AvgIpc) is 3.67. The van der Waals surface area contributed by atoms with Crippen LogP contribution in [0.5, 0.6) is 0 Å². The van der Waals surface area contributed by atoms with Crippen molar-refractivity contribution in [3.8, 4) is 33.4 Å². The van der Waals surface area contributed by atoms with Crippen LogP contribution >= 0.6 is 17.0 Å². The summed E-state index contributed by atoms with van der Waals surface area (Å²) < 4.78 is 0. The van der Waals surface area contributed by atoms with Gasteiger partial charge in [-0.2, -0.15) is 35.5 Å². The van der Waals surface area contributed by atoms with Crippen LogP contribution in [0.3, 0.4) is 0 Å². The van der Waals surface area contributed by atoms with Gasteiger partial charge in [-0.25, -0.2) is 0 Å². The van der Waals surface area contributed by atoms with Gasteiger partial charge in [0.2, 0.25) is 0 Å². The first kappa shape index (κ1) is 33.7. The molecule has 4 heteroatoms. The first-order valence-corrected chi connectivity index (χ1v) is 22.8. The third kappa shape index (κ3) is 7.69. The van der Waals surface area contributed by atoms with Gasteiger partial charge in [-0.1, -0.05) is 142 Å². The van der Waals surface area contributed by atoms with E-state index in [1.807, 2.05) is 6.07 Å². The smallest absolute Gasteiger partial charge is 0.0920 e. The van der Waals surface area contributed by atoms with Crippen molar-refractivity contribution < 1.29 is 20.8 Å². The van der Waals surface area contributed by atoms with E-state index >= 15 is 0 Å². The van der Waals surface area contributed by atoms with Crippen molar-refractivity contribution in [2.45, 2.75) is 52.4 Å². The normalized spacial score (nSPS) is 12.2. The summed E-state index contributed by atoms with van der Waals surface area (Å²) in [6.45, 7) is 11.6. The second kappa shape index (κ2) is 15.3. The van der Waals surface area contributed by atoms with Crippen molar-refractivity contribution in [3.05, 3.63) is 139 Å². The van der Waals surface area contributed by atoms with Gasteiger partial charge in [-0.3, -0.25) is 0 Å². The molecule has 2 radical (unpaired) electrons. The summed E-state index contributed by atoms with van der Waals surface area (Å²) in [5.74, 6) is 0.581. The molecule has 224 valence electrons. The van der Waals surface area contributed by atoms with Crippen LogP contribution in [-0.2, 0) is 26.3 Å². The largest absolute Gasteiger partial charge is 0.184 e. The van der Waals surface area contributed by atoms with Crippen LogP contribution in [0.1, 0.15) is 58.1 Å². The molecule has 1 aliphatic rings.